The summed E-state index contributed by atoms with van der Waals surface area (Å²) in [4.78, 5) is 0. The molecule has 0 aromatic carbocycles. The van der Waals surface area contributed by atoms with Crippen LogP contribution in [0.1, 0.15) is 99.8 Å². The van der Waals surface area contributed by atoms with E-state index in [-0.39, 0.29) is 0 Å². The van der Waals surface area contributed by atoms with E-state index in [1.54, 1.807) is 0 Å². The van der Waals surface area contributed by atoms with Gasteiger partial charge in [-0.05, 0) is 73.5 Å². The van der Waals surface area contributed by atoms with Crippen molar-refractivity contribution < 1.29 is 0 Å². The maximum Gasteiger partial charge on any atom is -0.00826 e. The van der Waals surface area contributed by atoms with Crippen molar-refractivity contribution in [3.8, 4) is 0 Å². The predicted molar refractivity (Wildman–Crippen MR) is 99.0 cm³/mol. The van der Waals surface area contributed by atoms with Gasteiger partial charge in [0.25, 0.3) is 0 Å². The zero-order valence-corrected chi connectivity index (χ0v) is 16.4. The normalized spacial score (nSPS) is 32.7. The number of hydrogen-bond acceptors (Lipinski definition) is 0. The highest BCUT2D eigenvalue weighted by molar-refractivity contribution is 5.31. The third-order valence-corrected chi connectivity index (χ3v) is 7.02. The van der Waals surface area contributed by atoms with Crippen LogP contribution in [-0.2, 0) is 0 Å². The van der Waals surface area contributed by atoms with Gasteiger partial charge in [-0.2, -0.15) is 0 Å². The van der Waals surface area contributed by atoms with Crippen LogP contribution in [0.4, 0.5) is 0 Å². The van der Waals surface area contributed by atoms with Crippen molar-refractivity contribution in [2.75, 3.05) is 0 Å². The van der Waals surface area contributed by atoms with Crippen LogP contribution in [0.3, 0.4) is 0 Å². The fraction of sp³-hybridized carbons (Fsp3) is 0.909. The molecular formula is C22H40. The molecule has 128 valence electrons. The summed E-state index contributed by atoms with van der Waals surface area (Å²) < 4.78 is 0. The fourth-order valence-electron chi connectivity index (χ4n) is 6.13. The Morgan fingerprint density at radius 1 is 1.18 bits per heavy atom. The molecule has 3 atom stereocenters. The monoisotopic (exact) mass is 304 g/mol. The summed E-state index contributed by atoms with van der Waals surface area (Å²) in [5.74, 6) is 2.64. The van der Waals surface area contributed by atoms with Crippen LogP contribution in [0.15, 0.2) is 11.1 Å². The number of rotatable bonds is 6. The Labute approximate surface area is 140 Å². The van der Waals surface area contributed by atoms with Crippen molar-refractivity contribution in [2.45, 2.75) is 99.8 Å². The fourth-order valence-corrected chi connectivity index (χ4v) is 6.13. The number of allylic oxidation sites excluding steroid dienone is 2. The third-order valence-electron chi connectivity index (χ3n) is 7.02. The van der Waals surface area contributed by atoms with Gasteiger partial charge in [-0.3, -0.25) is 0 Å². The Balaban J connectivity index is 2.27. The SMILES string of the molecule is CCCC(C)(C)CC1CCC2(C)C(=C1CC)CC[C@@H]2C(C)C. The van der Waals surface area contributed by atoms with Gasteiger partial charge in [0.15, 0.2) is 0 Å². The third kappa shape index (κ3) is 3.31. The molecule has 0 aromatic heterocycles. The molecule has 0 heterocycles. The van der Waals surface area contributed by atoms with E-state index in [9.17, 15) is 0 Å². The van der Waals surface area contributed by atoms with E-state index in [1.165, 1.54) is 51.4 Å². The van der Waals surface area contributed by atoms with E-state index in [1.807, 2.05) is 11.1 Å². The lowest BCUT2D eigenvalue weighted by atomic mass is 9.61. The maximum atomic E-state index is 2.60. The lowest BCUT2D eigenvalue weighted by Crippen LogP contribution is -2.33. The van der Waals surface area contributed by atoms with Gasteiger partial charge in [0.05, 0.1) is 0 Å². The highest BCUT2D eigenvalue weighted by Gasteiger charge is 2.48. The average molecular weight is 305 g/mol. The highest BCUT2D eigenvalue weighted by atomic mass is 14.5. The molecule has 0 spiro atoms. The van der Waals surface area contributed by atoms with Gasteiger partial charge in [0.1, 0.15) is 0 Å². The first-order chi connectivity index (χ1) is 10.2. The molecule has 0 N–H and O–H groups in total. The van der Waals surface area contributed by atoms with Crippen LogP contribution in [0, 0.1) is 28.6 Å². The number of hydrogen-bond donors (Lipinski definition) is 0. The van der Waals surface area contributed by atoms with Crippen molar-refractivity contribution in [2.24, 2.45) is 28.6 Å². The van der Waals surface area contributed by atoms with Gasteiger partial charge in [-0.1, -0.05) is 66.0 Å². The molecule has 2 rings (SSSR count). The lowest BCUT2D eigenvalue weighted by molar-refractivity contribution is 0.154. The molecule has 22 heavy (non-hydrogen) atoms. The molecule has 0 amide bonds. The molecule has 0 aliphatic heterocycles. The summed E-state index contributed by atoms with van der Waals surface area (Å²) in [6.07, 6.45) is 11.1. The van der Waals surface area contributed by atoms with E-state index >= 15 is 0 Å². The van der Waals surface area contributed by atoms with Gasteiger partial charge >= 0.3 is 0 Å². The van der Waals surface area contributed by atoms with E-state index in [2.05, 4.69) is 48.5 Å². The van der Waals surface area contributed by atoms with Crippen molar-refractivity contribution in [3.63, 3.8) is 0 Å². The molecular weight excluding hydrogens is 264 g/mol. The minimum atomic E-state index is 0.518. The molecule has 0 heteroatoms. The molecule has 0 aromatic rings. The molecule has 2 aliphatic carbocycles. The van der Waals surface area contributed by atoms with E-state index in [4.69, 9.17) is 0 Å². The summed E-state index contributed by atoms with van der Waals surface area (Å²) in [6, 6.07) is 0. The molecule has 0 nitrogen and oxygen atoms in total. The molecule has 2 aliphatic rings. The van der Waals surface area contributed by atoms with Crippen LogP contribution >= 0.6 is 0 Å². The van der Waals surface area contributed by atoms with Gasteiger partial charge < -0.3 is 0 Å². The van der Waals surface area contributed by atoms with Gasteiger partial charge in [0, 0.05) is 0 Å². The first kappa shape index (κ1) is 18.1. The van der Waals surface area contributed by atoms with E-state index in [0.29, 0.717) is 10.8 Å². The smallest absolute Gasteiger partial charge is 0.00826 e. The molecule has 0 saturated heterocycles. The molecule has 1 fully saturated rings. The van der Waals surface area contributed by atoms with Crippen molar-refractivity contribution in [3.05, 3.63) is 11.1 Å². The van der Waals surface area contributed by atoms with Crippen molar-refractivity contribution >= 4 is 0 Å². The van der Waals surface area contributed by atoms with Crippen molar-refractivity contribution in [1.29, 1.82) is 0 Å². The minimum Gasteiger partial charge on any atom is -0.0676 e. The molecule has 0 radical (unpaired) electrons. The van der Waals surface area contributed by atoms with Crippen LogP contribution in [0.2, 0.25) is 0 Å². The Hall–Kier alpha value is -0.260. The van der Waals surface area contributed by atoms with Crippen molar-refractivity contribution in [1.82, 2.24) is 0 Å². The van der Waals surface area contributed by atoms with Crippen LogP contribution < -0.4 is 0 Å². The molecule has 1 saturated carbocycles. The average Bonchev–Trinajstić information content (AvgIpc) is 2.76. The summed E-state index contributed by atoms with van der Waals surface area (Å²) in [7, 11) is 0. The maximum absolute atomic E-state index is 2.60. The van der Waals surface area contributed by atoms with Gasteiger partial charge in [-0.15, -0.1) is 0 Å². The zero-order chi connectivity index (χ0) is 16.5. The van der Waals surface area contributed by atoms with Crippen LogP contribution in [-0.4, -0.2) is 0 Å². The van der Waals surface area contributed by atoms with E-state index in [0.717, 1.165) is 17.8 Å². The zero-order valence-electron chi connectivity index (χ0n) is 16.4. The Morgan fingerprint density at radius 3 is 2.41 bits per heavy atom. The minimum absolute atomic E-state index is 0.518. The summed E-state index contributed by atoms with van der Waals surface area (Å²) >= 11 is 0. The first-order valence-corrected chi connectivity index (χ1v) is 9.97. The van der Waals surface area contributed by atoms with Crippen LogP contribution in [0.25, 0.3) is 0 Å². The Bertz CT molecular complexity index is 412. The standard InChI is InChI=1S/C22H40/c1-8-13-21(5,6)15-17-12-14-22(7)19(16(3)4)10-11-20(22)18(17)9-2/h16-17,19H,8-15H2,1-7H3/t17?,19-,22?/m1/s1. The summed E-state index contributed by atoms with van der Waals surface area (Å²) in [5, 5.41) is 0. The lowest BCUT2D eigenvalue weighted by Gasteiger charge is -2.44. The second-order valence-corrected chi connectivity index (χ2v) is 9.52. The quantitative estimate of drug-likeness (QED) is 0.449. The topological polar surface area (TPSA) is 0 Å². The second-order valence-electron chi connectivity index (χ2n) is 9.52. The highest BCUT2D eigenvalue weighted by Crippen LogP contribution is 2.59. The summed E-state index contributed by atoms with van der Waals surface area (Å²) in [6.45, 7) is 17.2. The first-order valence-electron chi connectivity index (χ1n) is 9.97. The largest absolute Gasteiger partial charge is 0.0676 e. The van der Waals surface area contributed by atoms with E-state index < -0.39 is 0 Å². The van der Waals surface area contributed by atoms with Gasteiger partial charge in [-0.25, -0.2) is 0 Å². The second kappa shape index (κ2) is 6.70. The number of fused-ring (bicyclic) bond motifs is 1. The molecule has 0 bridgehead atoms. The molecule has 2 unspecified atom stereocenters. The van der Waals surface area contributed by atoms with Crippen LogP contribution in [0.5, 0.6) is 0 Å². The predicted octanol–water partition coefficient (Wildman–Crippen LogP) is 7.39. The Kier molecular flexibility index (Phi) is 5.50. The Morgan fingerprint density at radius 2 is 1.86 bits per heavy atom. The summed E-state index contributed by atoms with van der Waals surface area (Å²) in [5.41, 5.74) is 4.83. The van der Waals surface area contributed by atoms with Gasteiger partial charge in [0.2, 0.25) is 0 Å².